The van der Waals surface area contributed by atoms with Crippen molar-refractivity contribution in [1.29, 1.82) is 0 Å². The molecular weight excluding hydrogens is 226 g/mol. The third kappa shape index (κ3) is 1.98. The molecule has 17 heavy (non-hydrogen) atoms. The number of benzene rings is 1. The second-order valence-corrected chi connectivity index (χ2v) is 3.80. The molecular formula is C12H14F2N2O. The number of methoxy groups -OCH3 is 1. The van der Waals surface area contributed by atoms with E-state index in [2.05, 4.69) is 10.3 Å². The van der Waals surface area contributed by atoms with Gasteiger partial charge in [-0.25, -0.2) is 8.78 Å². The van der Waals surface area contributed by atoms with Crippen LogP contribution in [0, 0.1) is 11.6 Å². The maximum Gasteiger partial charge on any atom is 0.191 e. The van der Waals surface area contributed by atoms with E-state index in [9.17, 15) is 8.78 Å². The van der Waals surface area contributed by atoms with E-state index in [-0.39, 0.29) is 5.75 Å². The van der Waals surface area contributed by atoms with Crippen LogP contribution in [0.3, 0.4) is 0 Å². The lowest BCUT2D eigenvalue weighted by molar-refractivity contribution is 0.362. The van der Waals surface area contributed by atoms with E-state index in [0.717, 1.165) is 12.1 Å². The standard InChI is InChI=1S/C12H14F2N2O/c1-15-4-3-7-6-16-9-5-8(13)12(17-2)11(14)10(7)9/h5-6,15-16H,3-4H2,1-2H3. The Hall–Kier alpha value is -1.62. The molecule has 0 fully saturated rings. The molecule has 1 aromatic carbocycles. The summed E-state index contributed by atoms with van der Waals surface area (Å²) >= 11 is 0. The van der Waals surface area contributed by atoms with Crippen LogP contribution in [0.25, 0.3) is 10.9 Å². The summed E-state index contributed by atoms with van der Waals surface area (Å²) in [5.74, 6) is -1.67. The maximum atomic E-state index is 14.0. The molecule has 0 bridgehead atoms. The predicted molar refractivity (Wildman–Crippen MR) is 62.4 cm³/mol. The number of H-pyrrole nitrogens is 1. The van der Waals surface area contributed by atoms with E-state index in [0.29, 0.717) is 17.3 Å². The van der Waals surface area contributed by atoms with Crippen molar-refractivity contribution in [1.82, 2.24) is 10.3 Å². The van der Waals surface area contributed by atoms with Crippen LogP contribution in [0.2, 0.25) is 0 Å². The molecule has 0 saturated heterocycles. The lowest BCUT2D eigenvalue weighted by atomic mass is 10.1. The summed E-state index contributed by atoms with van der Waals surface area (Å²) in [7, 11) is 3.08. The highest BCUT2D eigenvalue weighted by molar-refractivity contribution is 5.85. The van der Waals surface area contributed by atoms with E-state index in [1.54, 1.807) is 6.20 Å². The summed E-state index contributed by atoms with van der Waals surface area (Å²) in [6, 6.07) is 1.25. The number of nitrogens with one attached hydrogen (secondary N) is 2. The minimum absolute atomic E-state index is 0.331. The van der Waals surface area contributed by atoms with Gasteiger partial charge in [-0.1, -0.05) is 0 Å². The fourth-order valence-corrected chi connectivity index (χ4v) is 1.91. The molecule has 5 heteroatoms. The quantitative estimate of drug-likeness (QED) is 0.859. The fraction of sp³-hybridized carbons (Fsp3) is 0.333. The lowest BCUT2D eigenvalue weighted by Gasteiger charge is -2.06. The first-order chi connectivity index (χ1) is 8.19. The van der Waals surface area contributed by atoms with Gasteiger partial charge in [0.15, 0.2) is 17.4 Å². The first kappa shape index (κ1) is 11.9. The molecule has 1 aromatic heterocycles. The Morgan fingerprint density at radius 1 is 1.41 bits per heavy atom. The van der Waals surface area contributed by atoms with Crippen LogP contribution in [0.1, 0.15) is 5.56 Å². The highest BCUT2D eigenvalue weighted by Crippen LogP contribution is 2.31. The summed E-state index contributed by atoms with van der Waals surface area (Å²) in [5, 5.41) is 3.39. The zero-order valence-corrected chi connectivity index (χ0v) is 9.73. The van der Waals surface area contributed by atoms with E-state index < -0.39 is 11.6 Å². The van der Waals surface area contributed by atoms with Crippen molar-refractivity contribution in [2.45, 2.75) is 6.42 Å². The highest BCUT2D eigenvalue weighted by Gasteiger charge is 2.17. The van der Waals surface area contributed by atoms with Crippen LogP contribution in [0.4, 0.5) is 8.78 Å². The first-order valence-electron chi connectivity index (χ1n) is 5.35. The molecule has 0 saturated carbocycles. The molecule has 2 N–H and O–H groups in total. The number of fused-ring (bicyclic) bond motifs is 1. The lowest BCUT2D eigenvalue weighted by Crippen LogP contribution is -2.10. The van der Waals surface area contributed by atoms with Crippen LogP contribution >= 0.6 is 0 Å². The Morgan fingerprint density at radius 3 is 2.82 bits per heavy atom. The van der Waals surface area contributed by atoms with Crippen LogP contribution < -0.4 is 10.1 Å². The number of halogens is 2. The molecule has 2 aromatic rings. The van der Waals surface area contributed by atoms with Crippen molar-refractivity contribution in [3.05, 3.63) is 29.5 Å². The molecule has 0 spiro atoms. The molecule has 0 unspecified atom stereocenters. The Morgan fingerprint density at radius 2 is 2.18 bits per heavy atom. The van der Waals surface area contributed by atoms with Crippen molar-refractivity contribution < 1.29 is 13.5 Å². The molecule has 92 valence electrons. The normalized spacial score (nSPS) is 11.1. The monoisotopic (exact) mass is 240 g/mol. The van der Waals surface area contributed by atoms with Crippen molar-refractivity contribution in [2.75, 3.05) is 20.7 Å². The van der Waals surface area contributed by atoms with Gasteiger partial charge < -0.3 is 15.0 Å². The van der Waals surface area contributed by atoms with E-state index in [4.69, 9.17) is 4.74 Å². The van der Waals surface area contributed by atoms with Gasteiger partial charge in [-0.15, -0.1) is 0 Å². The van der Waals surface area contributed by atoms with Gasteiger partial charge in [0.2, 0.25) is 0 Å². The molecule has 0 amide bonds. The number of aromatic amines is 1. The number of hydrogen-bond acceptors (Lipinski definition) is 2. The number of rotatable bonds is 4. The zero-order chi connectivity index (χ0) is 12.4. The molecule has 0 aliphatic rings. The van der Waals surface area contributed by atoms with Crippen LogP contribution in [0.15, 0.2) is 12.3 Å². The number of hydrogen-bond donors (Lipinski definition) is 2. The third-order valence-electron chi connectivity index (χ3n) is 2.75. The Bertz CT molecular complexity index is 537. The van der Waals surface area contributed by atoms with Gasteiger partial charge in [-0.3, -0.25) is 0 Å². The molecule has 0 aliphatic heterocycles. The summed E-state index contributed by atoms with van der Waals surface area (Å²) in [6.07, 6.45) is 2.37. The Balaban J connectivity index is 2.58. The molecule has 1 heterocycles. The summed E-state index contributed by atoms with van der Waals surface area (Å²) in [6.45, 7) is 0.728. The zero-order valence-electron chi connectivity index (χ0n) is 9.73. The molecule has 0 radical (unpaired) electrons. The number of ether oxygens (including phenoxy) is 1. The first-order valence-corrected chi connectivity index (χ1v) is 5.35. The minimum atomic E-state index is -0.695. The van der Waals surface area contributed by atoms with Crippen molar-refractivity contribution >= 4 is 10.9 Å². The minimum Gasteiger partial charge on any atom is -0.491 e. The van der Waals surface area contributed by atoms with Crippen molar-refractivity contribution in [2.24, 2.45) is 0 Å². The third-order valence-corrected chi connectivity index (χ3v) is 2.75. The SMILES string of the molecule is CNCCc1c[nH]c2cc(F)c(OC)c(F)c12. The second-order valence-electron chi connectivity index (χ2n) is 3.80. The van der Waals surface area contributed by atoms with Crippen molar-refractivity contribution in [3.63, 3.8) is 0 Å². The van der Waals surface area contributed by atoms with Crippen LogP contribution in [-0.4, -0.2) is 25.7 Å². The van der Waals surface area contributed by atoms with Gasteiger partial charge in [0.05, 0.1) is 12.6 Å². The number of likely N-dealkylation sites (N-methyl/N-ethyl adjacent to an activating group) is 1. The largest absolute Gasteiger partial charge is 0.491 e. The molecule has 0 atom stereocenters. The molecule has 0 aliphatic carbocycles. The summed E-state index contributed by atoms with van der Waals surface area (Å²) < 4.78 is 32.2. The smallest absolute Gasteiger partial charge is 0.191 e. The molecule has 2 rings (SSSR count). The average Bonchev–Trinajstić information content (AvgIpc) is 2.70. The average molecular weight is 240 g/mol. The van der Waals surface area contributed by atoms with Gasteiger partial charge in [-0.05, 0) is 25.6 Å². The number of aromatic nitrogens is 1. The second kappa shape index (κ2) is 4.71. The summed E-state index contributed by atoms with van der Waals surface area (Å²) in [5.41, 5.74) is 1.26. The van der Waals surface area contributed by atoms with Crippen LogP contribution in [0.5, 0.6) is 5.75 Å². The van der Waals surface area contributed by atoms with E-state index in [1.807, 2.05) is 7.05 Å². The van der Waals surface area contributed by atoms with E-state index >= 15 is 0 Å². The van der Waals surface area contributed by atoms with Crippen molar-refractivity contribution in [3.8, 4) is 5.75 Å². The maximum absolute atomic E-state index is 14.0. The van der Waals surface area contributed by atoms with Crippen LogP contribution in [-0.2, 0) is 6.42 Å². The highest BCUT2D eigenvalue weighted by atomic mass is 19.1. The predicted octanol–water partition coefficient (Wildman–Crippen LogP) is 2.22. The topological polar surface area (TPSA) is 37.0 Å². The van der Waals surface area contributed by atoms with Gasteiger partial charge in [0, 0.05) is 17.6 Å². The Kier molecular flexibility index (Phi) is 3.28. The fourth-order valence-electron chi connectivity index (χ4n) is 1.91. The van der Waals surface area contributed by atoms with Gasteiger partial charge in [-0.2, -0.15) is 0 Å². The van der Waals surface area contributed by atoms with Gasteiger partial charge in [0.25, 0.3) is 0 Å². The summed E-state index contributed by atoms with van der Waals surface area (Å²) in [4.78, 5) is 2.87. The van der Waals surface area contributed by atoms with E-state index in [1.165, 1.54) is 13.2 Å². The molecule has 3 nitrogen and oxygen atoms in total. The Labute approximate surface area is 97.8 Å². The van der Waals surface area contributed by atoms with Gasteiger partial charge >= 0.3 is 0 Å². The van der Waals surface area contributed by atoms with Gasteiger partial charge in [0.1, 0.15) is 0 Å².